The Balaban J connectivity index is 1.66. The summed E-state index contributed by atoms with van der Waals surface area (Å²) in [6.07, 6.45) is 11.3. The van der Waals surface area contributed by atoms with Gasteiger partial charge in [-0.2, -0.15) is 0 Å². The maximum absolute atomic E-state index is 2.64. The Bertz CT molecular complexity index is 557. The summed E-state index contributed by atoms with van der Waals surface area (Å²) in [7, 11) is 0. The molecule has 3 aliphatic rings. The summed E-state index contributed by atoms with van der Waals surface area (Å²) in [5.41, 5.74) is 5.62. The van der Waals surface area contributed by atoms with Gasteiger partial charge in [-0.05, 0) is 90.7 Å². The lowest BCUT2D eigenvalue weighted by molar-refractivity contribution is 0.0273. The highest BCUT2D eigenvalue weighted by atomic mass is 14.6. The summed E-state index contributed by atoms with van der Waals surface area (Å²) < 4.78 is 0. The van der Waals surface area contributed by atoms with Crippen LogP contribution in [0.5, 0.6) is 0 Å². The van der Waals surface area contributed by atoms with Gasteiger partial charge >= 0.3 is 0 Å². The SMILES string of the molecule is CCc1ccc2c(c1)CCC1C2CC[C@@]2(C)C1CC[C@@H]2CC. The first-order valence-electron chi connectivity index (χ1n) is 9.79. The van der Waals surface area contributed by atoms with E-state index in [1.165, 1.54) is 56.9 Å². The van der Waals surface area contributed by atoms with Crippen molar-refractivity contribution in [3.8, 4) is 0 Å². The summed E-state index contributed by atoms with van der Waals surface area (Å²) in [6.45, 7) is 7.35. The van der Waals surface area contributed by atoms with E-state index < -0.39 is 0 Å². The lowest BCUT2D eigenvalue weighted by Crippen LogP contribution is -2.42. The molecule has 0 nitrogen and oxygen atoms in total. The zero-order chi connectivity index (χ0) is 15.3. The predicted molar refractivity (Wildman–Crippen MR) is 94.2 cm³/mol. The zero-order valence-electron chi connectivity index (χ0n) is 14.7. The Hall–Kier alpha value is -0.780. The van der Waals surface area contributed by atoms with Gasteiger partial charge in [-0.1, -0.05) is 45.4 Å². The fraction of sp³-hybridized carbons (Fsp3) is 0.727. The normalized spacial score (nSPS) is 40.0. The molecule has 0 heterocycles. The van der Waals surface area contributed by atoms with Gasteiger partial charge in [0.2, 0.25) is 0 Å². The predicted octanol–water partition coefficient (Wildman–Crippen LogP) is 6.13. The summed E-state index contributed by atoms with van der Waals surface area (Å²) in [4.78, 5) is 0. The van der Waals surface area contributed by atoms with Crippen molar-refractivity contribution < 1.29 is 0 Å². The van der Waals surface area contributed by atoms with Crippen molar-refractivity contribution in [2.24, 2.45) is 23.2 Å². The van der Waals surface area contributed by atoms with Gasteiger partial charge in [0.05, 0.1) is 0 Å². The Kier molecular flexibility index (Phi) is 3.62. The molecule has 3 aliphatic carbocycles. The van der Waals surface area contributed by atoms with Gasteiger partial charge in [0, 0.05) is 0 Å². The Labute approximate surface area is 136 Å². The molecular weight excluding hydrogens is 264 g/mol. The molecule has 3 unspecified atom stereocenters. The lowest BCUT2D eigenvalue weighted by Gasteiger charge is -2.51. The van der Waals surface area contributed by atoms with E-state index in [4.69, 9.17) is 0 Å². The van der Waals surface area contributed by atoms with E-state index in [9.17, 15) is 0 Å². The van der Waals surface area contributed by atoms with E-state index in [0.717, 1.165) is 23.7 Å². The van der Waals surface area contributed by atoms with Crippen LogP contribution in [0.25, 0.3) is 0 Å². The maximum atomic E-state index is 2.64. The molecule has 0 aromatic heterocycles. The third-order valence-corrected chi connectivity index (χ3v) is 7.89. The van der Waals surface area contributed by atoms with Gasteiger partial charge in [-0.25, -0.2) is 0 Å². The summed E-state index contributed by atoms with van der Waals surface area (Å²) >= 11 is 0. The van der Waals surface area contributed by atoms with Crippen molar-refractivity contribution in [3.05, 3.63) is 34.9 Å². The minimum atomic E-state index is 0.663. The fourth-order valence-electron chi connectivity index (χ4n) is 6.63. The van der Waals surface area contributed by atoms with Crippen LogP contribution >= 0.6 is 0 Å². The van der Waals surface area contributed by atoms with Crippen molar-refractivity contribution >= 4 is 0 Å². The van der Waals surface area contributed by atoms with Crippen molar-refractivity contribution in [1.29, 1.82) is 0 Å². The molecule has 2 fully saturated rings. The Morgan fingerprint density at radius 2 is 1.95 bits per heavy atom. The third-order valence-electron chi connectivity index (χ3n) is 7.89. The molecule has 1 aromatic carbocycles. The highest BCUT2D eigenvalue weighted by Gasteiger charge is 2.53. The second-order valence-corrected chi connectivity index (χ2v) is 8.53. The number of rotatable bonds is 2. The molecule has 0 aliphatic heterocycles. The summed E-state index contributed by atoms with van der Waals surface area (Å²) in [6, 6.07) is 7.42. The van der Waals surface area contributed by atoms with E-state index in [2.05, 4.69) is 39.0 Å². The van der Waals surface area contributed by atoms with Crippen LogP contribution < -0.4 is 0 Å². The Morgan fingerprint density at radius 1 is 1.09 bits per heavy atom. The average molecular weight is 296 g/mol. The number of benzene rings is 1. The highest BCUT2D eigenvalue weighted by molar-refractivity contribution is 5.38. The van der Waals surface area contributed by atoms with Crippen molar-refractivity contribution in [1.82, 2.24) is 0 Å². The average Bonchev–Trinajstić information content (AvgIpc) is 2.90. The molecular formula is C22H32. The van der Waals surface area contributed by atoms with Gasteiger partial charge < -0.3 is 0 Å². The Morgan fingerprint density at radius 3 is 2.73 bits per heavy atom. The number of hydrogen-bond donors (Lipinski definition) is 0. The smallest absolute Gasteiger partial charge is 0.0128 e. The molecule has 120 valence electrons. The van der Waals surface area contributed by atoms with Crippen LogP contribution in [0.1, 0.15) is 81.9 Å². The third kappa shape index (κ3) is 2.02. The quantitative estimate of drug-likeness (QED) is 0.615. The monoisotopic (exact) mass is 296 g/mol. The molecule has 0 saturated heterocycles. The van der Waals surface area contributed by atoms with E-state index in [1.807, 2.05) is 0 Å². The molecule has 22 heavy (non-hydrogen) atoms. The molecule has 0 heteroatoms. The molecule has 1 aromatic rings. The van der Waals surface area contributed by atoms with Crippen LogP contribution in [0.15, 0.2) is 18.2 Å². The van der Waals surface area contributed by atoms with Crippen molar-refractivity contribution in [3.63, 3.8) is 0 Å². The first kappa shape index (κ1) is 14.8. The molecule has 0 N–H and O–H groups in total. The maximum Gasteiger partial charge on any atom is -0.0128 e. The van der Waals surface area contributed by atoms with Crippen LogP contribution in [-0.2, 0) is 12.8 Å². The topological polar surface area (TPSA) is 0 Å². The van der Waals surface area contributed by atoms with Crippen LogP contribution in [0, 0.1) is 23.2 Å². The largest absolute Gasteiger partial charge is 0.0651 e. The molecule has 5 atom stereocenters. The standard InChI is InChI=1S/C22H32/c1-4-15-6-9-18-16(14-15)7-10-20-19(18)12-13-22(3)17(5-2)8-11-21(20)22/h6,9,14,17,19-21H,4-5,7-8,10-13H2,1-3H3/t17-,19?,20?,21?,22+/m0/s1. The van der Waals surface area contributed by atoms with E-state index >= 15 is 0 Å². The summed E-state index contributed by atoms with van der Waals surface area (Å²) in [5.74, 6) is 3.87. The van der Waals surface area contributed by atoms with Crippen LogP contribution in [0.3, 0.4) is 0 Å². The second-order valence-electron chi connectivity index (χ2n) is 8.53. The lowest BCUT2D eigenvalue weighted by atomic mass is 9.54. The molecule has 0 radical (unpaired) electrons. The first-order valence-corrected chi connectivity index (χ1v) is 9.79. The molecule has 0 bridgehead atoms. The van der Waals surface area contributed by atoms with E-state index in [1.54, 1.807) is 11.1 Å². The molecule has 4 rings (SSSR count). The zero-order valence-corrected chi connectivity index (χ0v) is 14.7. The fourth-order valence-corrected chi connectivity index (χ4v) is 6.63. The molecule has 0 spiro atoms. The van der Waals surface area contributed by atoms with Crippen molar-refractivity contribution in [2.45, 2.75) is 78.1 Å². The number of aryl methyl sites for hydroxylation is 2. The summed E-state index contributed by atoms with van der Waals surface area (Å²) in [5, 5.41) is 0. The van der Waals surface area contributed by atoms with Gasteiger partial charge in [0.15, 0.2) is 0 Å². The van der Waals surface area contributed by atoms with Gasteiger partial charge in [0.1, 0.15) is 0 Å². The molecule has 2 saturated carbocycles. The highest BCUT2D eigenvalue weighted by Crippen LogP contribution is 2.63. The van der Waals surface area contributed by atoms with E-state index in [-0.39, 0.29) is 0 Å². The van der Waals surface area contributed by atoms with Crippen LogP contribution in [0.4, 0.5) is 0 Å². The van der Waals surface area contributed by atoms with Gasteiger partial charge in [-0.3, -0.25) is 0 Å². The van der Waals surface area contributed by atoms with Gasteiger partial charge in [0.25, 0.3) is 0 Å². The van der Waals surface area contributed by atoms with Gasteiger partial charge in [-0.15, -0.1) is 0 Å². The van der Waals surface area contributed by atoms with Crippen LogP contribution in [-0.4, -0.2) is 0 Å². The van der Waals surface area contributed by atoms with E-state index in [0.29, 0.717) is 5.41 Å². The number of fused-ring (bicyclic) bond motifs is 5. The number of hydrogen-bond acceptors (Lipinski definition) is 0. The minimum absolute atomic E-state index is 0.663. The minimum Gasteiger partial charge on any atom is -0.0651 e. The second kappa shape index (κ2) is 5.39. The first-order chi connectivity index (χ1) is 10.7. The van der Waals surface area contributed by atoms with Crippen molar-refractivity contribution in [2.75, 3.05) is 0 Å². The molecule has 0 amide bonds. The van der Waals surface area contributed by atoms with Crippen LogP contribution in [0.2, 0.25) is 0 Å².